The summed E-state index contributed by atoms with van der Waals surface area (Å²) in [6.07, 6.45) is 1.15. The molecule has 1 N–H and O–H groups in total. The summed E-state index contributed by atoms with van der Waals surface area (Å²) in [5, 5.41) is 4.13. The van der Waals surface area contributed by atoms with Gasteiger partial charge in [-0.25, -0.2) is 0 Å². The molecule has 1 aromatic carbocycles. The molecule has 0 aliphatic carbocycles. The van der Waals surface area contributed by atoms with Gasteiger partial charge < -0.3 is 5.32 Å². The second kappa shape index (κ2) is 5.38. The van der Waals surface area contributed by atoms with Gasteiger partial charge in [-0.2, -0.15) is 0 Å². The first-order valence-corrected chi connectivity index (χ1v) is 5.44. The molecule has 0 aliphatic heterocycles. The first kappa shape index (κ1) is 11.5. The van der Waals surface area contributed by atoms with Crippen molar-refractivity contribution in [2.45, 2.75) is 26.3 Å². The molecule has 1 aromatic rings. The summed E-state index contributed by atoms with van der Waals surface area (Å²) in [6, 6.07) is 8.51. The SMILES string of the molecule is CNC(CC(C)C)c1ccc(Cl)cc1. The van der Waals surface area contributed by atoms with Gasteiger partial charge in [0.25, 0.3) is 0 Å². The van der Waals surface area contributed by atoms with Gasteiger partial charge in [0.15, 0.2) is 0 Å². The second-order valence-corrected chi connectivity index (χ2v) is 4.46. The van der Waals surface area contributed by atoms with Gasteiger partial charge in [-0.15, -0.1) is 0 Å². The molecular weight excluding hydrogens is 194 g/mol. The molecule has 0 aromatic heterocycles. The fraction of sp³-hybridized carbons (Fsp3) is 0.500. The molecule has 0 amide bonds. The van der Waals surface area contributed by atoms with Gasteiger partial charge in [0, 0.05) is 11.1 Å². The van der Waals surface area contributed by atoms with Crippen molar-refractivity contribution >= 4 is 11.6 Å². The van der Waals surface area contributed by atoms with E-state index >= 15 is 0 Å². The maximum Gasteiger partial charge on any atom is 0.0406 e. The van der Waals surface area contributed by atoms with E-state index in [1.54, 1.807) is 0 Å². The lowest BCUT2D eigenvalue weighted by atomic mass is 9.97. The van der Waals surface area contributed by atoms with Gasteiger partial charge in [0.1, 0.15) is 0 Å². The van der Waals surface area contributed by atoms with Crippen LogP contribution in [0.15, 0.2) is 24.3 Å². The molecule has 0 spiro atoms. The van der Waals surface area contributed by atoms with E-state index in [9.17, 15) is 0 Å². The van der Waals surface area contributed by atoms with Crippen molar-refractivity contribution in [1.82, 2.24) is 5.32 Å². The molecule has 0 saturated carbocycles. The summed E-state index contributed by atoms with van der Waals surface area (Å²) in [5.74, 6) is 0.697. The number of halogens is 1. The third-order valence-corrected chi connectivity index (χ3v) is 2.58. The van der Waals surface area contributed by atoms with E-state index in [2.05, 4.69) is 31.3 Å². The Bertz CT molecular complexity index is 266. The van der Waals surface area contributed by atoms with Crippen LogP contribution in [0, 0.1) is 5.92 Å². The van der Waals surface area contributed by atoms with Crippen LogP contribution < -0.4 is 5.32 Å². The van der Waals surface area contributed by atoms with Crippen LogP contribution in [0.2, 0.25) is 5.02 Å². The van der Waals surface area contributed by atoms with Crippen LogP contribution in [0.5, 0.6) is 0 Å². The minimum absolute atomic E-state index is 0.437. The summed E-state index contributed by atoms with van der Waals surface area (Å²) in [4.78, 5) is 0. The van der Waals surface area contributed by atoms with Crippen molar-refractivity contribution in [3.8, 4) is 0 Å². The van der Waals surface area contributed by atoms with Crippen LogP contribution in [-0.2, 0) is 0 Å². The maximum atomic E-state index is 5.84. The Labute approximate surface area is 91.5 Å². The van der Waals surface area contributed by atoms with Gasteiger partial charge in [-0.1, -0.05) is 37.6 Å². The van der Waals surface area contributed by atoms with Gasteiger partial charge in [-0.05, 0) is 37.1 Å². The average molecular weight is 212 g/mol. The fourth-order valence-corrected chi connectivity index (χ4v) is 1.71. The Balaban J connectivity index is 2.73. The van der Waals surface area contributed by atoms with Crippen molar-refractivity contribution in [2.24, 2.45) is 5.92 Å². The minimum atomic E-state index is 0.437. The number of hydrogen-bond acceptors (Lipinski definition) is 1. The van der Waals surface area contributed by atoms with Crippen molar-refractivity contribution in [3.05, 3.63) is 34.9 Å². The third kappa shape index (κ3) is 3.32. The van der Waals surface area contributed by atoms with Crippen LogP contribution in [0.25, 0.3) is 0 Å². The van der Waals surface area contributed by atoms with Crippen LogP contribution in [0.3, 0.4) is 0 Å². The zero-order valence-corrected chi connectivity index (χ0v) is 9.81. The smallest absolute Gasteiger partial charge is 0.0406 e. The molecule has 2 heteroatoms. The standard InChI is InChI=1S/C12H18ClN/c1-9(2)8-12(14-3)10-4-6-11(13)7-5-10/h4-7,9,12,14H,8H2,1-3H3. The van der Waals surface area contributed by atoms with Gasteiger partial charge >= 0.3 is 0 Å². The van der Waals surface area contributed by atoms with E-state index in [-0.39, 0.29) is 0 Å². The molecular formula is C12H18ClN. The summed E-state index contributed by atoms with van der Waals surface area (Å²) in [5.41, 5.74) is 1.31. The number of benzene rings is 1. The van der Waals surface area contributed by atoms with Crippen molar-refractivity contribution < 1.29 is 0 Å². The normalized spacial score (nSPS) is 13.2. The van der Waals surface area contributed by atoms with E-state index in [0.717, 1.165) is 11.4 Å². The predicted octanol–water partition coefficient (Wildman–Crippen LogP) is 3.65. The summed E-state index contributed by atoms with van der Waals surface area (Å²) < 4.78 is 0. The predicted molar refractivity (Wildman–Crippen MR) is 62.7 cm³/mol. The maximum absolute atomic E-state index is 5.84. The molecule has 78 valence electrons. The van der Waals surface area contributed by atoms with Crippen LogP contribution in [0.1, 0.15) is 31.9 Å². The molecule has 1 rings (SSSR count). The van der Waals surface area contributed by atoms with Gasteiger partial charge in [0.05, 0.1) is 0 Å². The Kier molecular flexibility index (Phi) is 4.43. The van der Waals surface area contributed by atoms with Gasteiger partial charge in [-0.3, -0.25) is 0 Å². The van der Waals surface area contributed by atoms with E-state index < -0.39 is 0 Å². The summed E-state index contributed by atoms with van der Waals surface area (Å²) in [6.45, 7) is 4.47. The van der Waals surface area contributed by atoms with Crippen LogP contribution in [-0.4, -0.2) is 7.05 Å². The summed E-state index contributed by atoms with van der Waals surface area (Å²) >= 11 is 5.84. The molecule has 1 nitrogen and oxygen atoms in total. The lowest BCUT2D eigenvalue weighted by Crippen LogP contribution is -2.18. The van der Waals surface area contributed by atoms with E-state index in [0.29, 0.717) is 12.0 Å². The first-order valence-electron chi connectivity index (χ1n) is 5.06. The average Bonchev–Trinajstić information content (AvgIpc) is 2.15. The molecule has 0 radical (unpaired) electrons. The zero-order valence-electron chi connectivity index (χ0n) is 9.05. The van der Waals surface area contributed by atoms with Crippen LogP contribution in [0.4, 0.5) is 0 Å². The molecule has 1 unspecified atom stereocenters. The topological polar surface area (TPSA) is 12.0 Å². The van der Waals surface area contributed by atoms with Gasteiger partial charge in [0.2, 0.25) is 0 Å². The second-order valence-electron chi connectivity index (χ2n) is 4.02. The fourth-order valence-electron chi connectivity index (χ4n) is 1.59. The first-order chi connectivity index (χ1) is 6.63. The van der Waals surface area contributed by atoms with Crippen molar-refractivity contribution in [3.63, 3.8) is 0 Å². The Hall–Kier alpha value is -0.530. The highest BCUT2D eigenvalue weighted by molar-refractivity contribution is 6.30. The number of hydrogen-bond donors (Lipinski definition) is 1. The number of nitrogens with one attached hydrogen (secondary N) is 1. The molecule has 0 heterocycles. The zero-order chi connectivity index (χ0) is 10.6. The largest absolute Gasteiger partial charge is 0.313 e. The highest BCUT2D eigenvalue weighted by atomic mass is 35.5. The Morgan fingerprint density at radius 1 is 1.21 bits per heavy atom. The quantitative estimate of drug-likeness (QED) is 0.802. The molecule has 0 saturated heterocycles. The van der Waals surface area contributed by atoms with E-state index in [4.69, 9.17) is 11.6 Å². The number of rotatable bonds is 4. The lowest BCUT2D eigenvalue weighted by Gasteiger charge is -2.18. The van der Waals surface area contributed by atoms with Crippen molar-refractivity contribution in [1.29, 1.82) is 0 Å². The molecule has 0 bridgehead atoms. The highest BCUT2D eigenvalue weighted by Crippen LogP contribution is 2.22. The monoisotopic (exact) mass is 211 g/mol. The van der Waals surface area contributed by atoms with Crippen LogP contribution >= 0.6 is 11.6 Å². The van der Waals surface area contributed by atoms with Crippen molar-refractivity contribution in [2.75, 3.05) is 7.05 Å². The lowest BCUT2D eigenvalue weighted by molar-refractivity contribution is 0.457. The molecule has 0 aliphatic rings. The van der Waals surface area contributed by atoms with E-state index in [1.807, 2.05) is 19.2 Å². The molecule has 14 heavy (non-hydrogen) atoms. The highest BCUT2D eigenvalue weighted by Gasteiger charge is 2.10. The molecule has 0 fully saturated rings. The van der Waals surface area contributed by atoms with E-state index in [1.165, 1.54) is 5.56 Å². The molecule has 1 atom stereocenters. The third-order valence-electron chi connectivity index (χ3n) is 2.33. The minimum Gasteiger partial charge on any atom is -0.313 e. The Morgan fingerprint density at radius 3 is 2.21 bits per heavy atom. The Morgan fingerprint density at radius 2 is 1.79 bits per heavy atom. The summed E-state index contributed by atoms with van der Waals surface area (Å²) in [7, 11) is 2.00.